The van der Waals surface area contributed by atoms with Gasteiger partial charge in [0.05, 0.1) is 10.8 Å². The Kier molecular flexibility index (Phi) is 7.11. The number of benzene rings is 2. The Morgan fingerprint density at radius 3 is 2.69 bits per heavy atom. The summed E-state index contributed by atoms with van der Waals surface area (Å²) in [6, 6.07) is 11.8. The average Bonchev–Trinajstić information content (AvgIpc) is 3.10. The van der Waals surface area contributed by atoms with E-state index in [9.17, 15) is 9.18 Å². The molecule has 9 heteroatoms. The third kappa shape index (κ3) is 5.71. The molecule has 0 saturated heterocycles. The van der Waals surface area contributed by atoms with Crippen molar-refractivity contribution >= 4 is 35.0 Å². The van der Waals surface area contributed by atoms with Gasteiger partial charge in [0.15, 0.2) is 11.0 Å². The maximum absolute atomic E-state index is 13.2. The van der Waals surface area contributed by atoms with Crippen LogP contribution < -0.4 is 10.1 Å². The number of aromatic nitrogens is 3. The van der Waals surface area contributed by atoms with Crippen molar-refractivity contribution in [1.82, 2.24) is 14.8 Å². The molecule has 0 unspecified atom stereocenters. The average molecular weight is 435 g/mol. The van der Waals surface area contributed by atoms with Gasteiger partial charge < -0.3 is 14.6 Å². The lowest BCUT2D eigenvalue weighted by Gasteiger charge is -2.09. The van der Waals surface area contributed by atoms with Crippen LogP contribution in [-0.2, 0) is 17.9 Å². The molecule has 0 atom stereocenters. The van der Waals surface area contributed by atoms with Crippen LogP contribution in [0.15, 0.2) is 47.6 Å². The molecule has 1 N–H and O–H groups in total. The third-order valence-electron chi connectivity index (χ3n) is 4.03. The highest BCUT2D eigenvalue weighted by Gasteiger charge is 2.14. The monoisotopic (exact) mass is 434 g/mol. The highest BCUT2D eigenvalue weighted by Crippen LogP contribution is 2.21. The molecular formula is C20H20ClFN4O2S. The minimum atomic E-state index is -0.532. The molecule has 3 aromatic rings. The summed E-state index contributed by atoms with van der Waals surface area (Å²) in [5.41, 5.74) is 1.60. The Bertz CT molecular complexity index is 995. The largest absolute Gasteiger partial charge is 0.486 e. The fourth-order valence-corrected chi connectivity index (χ4v) is 3.54. The van der Waals surface area contributed by atoms with Crippen molar-refractivity contribution in [2.75, 3.05) is 11.1 Å². The van der Waals surface area contributed by atoms with Crippen molar-refractivity contribution in [2.45, 2.75) is 32.2 Å². The maximum Gasteiger partial charge on any atom is 0.234 e. The molecule has 152 valence electrons. The van der Waals surface area contributed by atoms with E-state index in [4.69, 9.17) is 16.3 Å². The van der Waals surface area contributed by atoms with Gasteiger partial charge in [-0.1, -0.05) is 41.1 Å². The number of halogens is 2. The topological polar surface area (TPSA) is 69.0 Å². The van der Waals surface area contributed by atoms with Crippen LogP contribution in [0.5, 0.6) is 5.75 Å². The second-order valence-electron chi connectivity index (χ2n) is 6.21. The second-order valence-corrected chi connectivity index (χ2v) is 7.56. The number of amides is 1. The van der Waals surface area contributed by atoms with Crippen molar-refractivity contribution in [3.05, 3.63) is 64.7 Å². The number of carbonyl (C=O) groups excluding carboxylic acids is 1. The molecule has 0 aliphatic rings. The lowest BCUT2D eigenvalue weighted by Crippen LogP contribution is -2.15. The predicted octanol–water partition coefficient (Wildman–Crippen LogP) is 4.71. The third-order valence-corrected chi connectivity index (χ3v) is 5.29. The second kappa shape index (κ2) is 9.76. The van der Waals surface area contributed by atoms with Gasteiger partial charge in [-0.2, -0.15) is 0 Å². The summed E-state index contributed by atoms with van der Waals surface area (Å²) in [7, 11) is 0. The molecule has 0 saturated carbocycles. The van der Waals surface area contributed by atoms with Gasteiger partial charge in [-0.3, -0.25) is 4.79 Å². The summed E-state index contributed by atoms with van der Waals surface area (Å²) in [4.78, 5) is 12.2. The molecule has 0 aliphatic heterocycles. The molecule has 0 radical (unpaired) electrons. The van der Waals surface area contributed by atoms with Crippen LogP contribution in [0.3, 0.4) is 0 Å². The molecule has 0 spiro atoms. The van der Waals surface area contributed by atoms with E-state index in [-0.39, 0.29) is 23.3 Å². The van der Waals surface area contributed by atoms with Crippen molar-refractivity contribution in [2.24, 2.45) is 0 Å². The highest BCUT2D eigenvalue weighted by atomic mass is 35.5. The zero-order chi connectivity index (χ0) is 20.8. The first-order valence-corrected chi connectivity index (χ1v) is 10.3. The Morgan fingerprint density at radius 2 is 2.00 bits per heavy atom. The standard InChI is InChI=1S/C20H20ClFN4O2S/c1-3-26-18(11-28-15-7-4-13(2)5-8-15)24-25-20(26)29-12-19(27)23-14-6-9-17(22)16(21)10-14/h4-10H,3,11-12H2,1-2H3,(H,23,27). The summed E-state index contributed by atoms with van der Waals surface area (Å²) in [6.07, 6.45) is 0. The molecule has 1 heterocycles. The number of rotatable bonds is 8. The summed E-state index contributed by atoms with van der Waals surface area (Å²) in [6.45, 7) is 4.92. The summed E-state index contributed by atoms with van der Waals surface area (Å²) in [5.74, 6) is 0.789. The minimum absolute atomic E-state index is 0.0422. The summed E-state index contributed by atoms with van der Waals surface area (Å²) >= 11 is 6.99. The van der Waals surface area contributed by atoms with E-state index < -0.39 is 5.82 Å². The molecule has 29 heavy (non-hydrogen) atoms. The van der Waals surface area contributed by atoms with E-state index in [2.05, 4.69) is 15.5 Å². The van der Waals surface area contributed by atoms with Crippen molar-refractivity contribution < 1.29 is 13.9 Å². The van der Waals surface area contributed by atoms with Gasteiger partial charge in [-0.25, -0.2) is 4.39 Å². The zero-order valence-corrected chi connectivity index (χ0v) is 17.6. The van der Waals surface area contributed by atoms with E-state index in [0.29, 0.717) is 23.2 Å². The van der Waals surface area contributed by atoms with E-state index in [0.717, 1.165) is 11.3 Å². The van der Waals surface area contributed by atoms with Gasteiger partial charge in [0.25, 0.3) is 0 Å². The molecule has 0 fully saturated rings. The number of hydrogen-bond acceptors (Lipinski definition) is 5. The molecule has 0 bridgehead atoms. The lowest BCUT2D eigenvalue weighted by molar-refractivity contribution is -0.113. The Morgan fingerprint density at radius 1 is 1.24 bits per heavy atom. The van der Waals surface area contributed by atoms with Gasteiger partial charge in [-0.05, 0) is 44.2 Å². The highest BCUT2D eigenvalue weighted by molar-refractivity contribution is 7.99. The zero-order valence-electron chi connectivity index (χ0n) is 16.0. The predicted molar refractivity (Wildman–Crippen MR) is 112 cm³/mol. The first kappa shape index (κ1) is 21.1. The first-order valence-electron chi connectivity index (χ1n) is 8.95. The number of hydrogen-bond donors (Lipinski definition) is 1. The van der Waals surface area contributed by atoms with E-state index in [1.54, 1.807) is 0 Å². The van der Waals surface area contributed by atoms with Crippen LogP contribution in [0.1, 0.15) is 18.3 Å². The number of carbonyl (C=O) groups is 1. The molecule has 3 rings (SSSR count). The van der Waals surface area contributed by atoms with Crippen LogP contribution >= 0.6 is 23.4 Å². The van der Waals surface area contributed by atoms with E-state index >= 15 is 0 Å². The van der Waals surface area contributed by atoms with Crippen molar-refractivity contribution in [1.29, 1.82) is 0 Å². The van der Waals surface area contributed by atoms with E-state index in [1.165, 1.54) is 30.0 Å². The number of aryl methyl sites for hydroxylation is 1. The van der Waals surface area contributed by atoms with Gasteiger partial charge in [0.2, 0.25) is 5.91 Å². The smallest absolute Gasteiger partial charge is 0.234 e. The van der Waals surface area contributed by atoms with Gasteiger partial charge in [0.1, 0.15) is 18.2 Å². The Balaban J connectivity index is 1.57. The molecule has 2 aromatic carbocycles. The molecular weight excluding hydrogens is 415 g/mol. The SMILES string of the molecule is CCn1c(COc2ccc(C)cc2)nnc1SCC(=O)Nc1ccc(F)c(Cl)c1. The maximum atomic E-state index is 13.2. The van der Waals surface area contributed by atoms with Crippen LogP contribution in [0, 0.1) is 12.7 Å². The fourth-order valence-electron chi connectivity index (χ4n) is 2.53. The Hall–Kier alpha value is -2.58. The summed E-state index contributed by atoms with van der Waals surface area (Å²) in [5, 5.41) is 11.6. The van der Waals surface area contributed by atoms with Crippen LogP contribution in [0.2, 0.25) is 5.02 Å². The van der Waals surface area contributed by atoms with Gasteiger partial charge in [0, 0.05) is 12.2 Å². The number of nitrogens with zero attached hydrogens (tertiary/aromatic N) is 3. The van der Waals surface area contributed by atoms with Crippen LogP contribution in [0.25, 0.3) is 0 Å². The number of nitrogens with one attached hydrogen (secondary N) is 1. The molecule has 0 aliphatic carbocycles. The van der Waals surface area contributed by atoms with Gasteiger partial charge in [-0.15, -0.1) is 10.2 Å². The van der Waals surface area contributed by atoms with Gasteiger partial charge >= 0.3 is 0 Å². The first-order chi connectivity index (χ1) is 14.0. The van der Waals surface area contributed by atoms with Crippen molar-refractivity contribution in [3.8, 4) is 5.75 Å². The minimum Gasteiger partial charge on any atom is -0.486 e. The lowest BCUT2D eigenvalue weighted by atomic mass is 10.2. The van der Waals surface area contributed by atoms with E-state index in [1.807, 2.05) is 42.7 Å². The number of anilines is 1. The fraction of sp³-hybridized carbons (Fsp3) is 0.250. The van der Waals surface area contributed by atoms with Crippen LogP contribution in [-0.4, -0.2) is 26.4 Å². The summed E-state index contributed by atoms with van der Waals surface area (Å²) < 4.78 is 20.9. The quantitative estimate of drug-likeness (QED) is 0.520. The normalized spacial score (nSPS) is 10.8. The molecule has 1 aromatic heterocycles. The number of ether oxygens (including phenoxy) is 1. The molecule has 6 nitrogen and oxygen atoms in total. The van der Waals surface area contributed by atoms with Crippen molar-refractivity contribution in [3.63, 3.8) is 0 Å². The Labute approximate surface area is 177 Å². The van der Waals surface area contributed by atoms with Crippen LogP contribution in [0.4, 0.5) is 10.1 Å². The number of thioether (sulfide) groups is 1. The molecule has 1 amide bonds.